The first-order chi connectivity index (χ1) is 6.63. The van der Waals surface area contributed by atoms with Crippen molar-refractivity contribution in [3.8, 4) is 6.07 Å². The molecule has 80 valence electrons. The molecule has 0 saturated carbocycles. The molecule has 1 rings (SSSR count). The van der Waals surface area contributed by atoms with Gasteiger partial charge >= 0.3 is 0 Å². The van der Waals surface area contributed by atoms with Gasteiger partial charge in [0.1, 0.15) is 0 Å². The van der Waals surface area contributed by atoms with E-state index in [0.717, 1.165) is 13.1 Å². The average Bonchev–Trinajstić information content (AvgIpc) is 2.18. The Kier molecular flexibility index (Phi) is 4.37. The fourth-order valence-electron chi connectivity index (χ4n) is 1.98. The molecule has 1 aliphatic heterocycles. The lowest BCUT2D eigenvalue weighted by atomic mass is 10.0. The molecule has 0 radical (unpaired) electrons. The Balaban J connectivity index is 2.31. The maximum atomic E-state index is 8.73. The summed E-state index contributed by atoms with van der Waals surface area (Å²) in [4.78, 5) is 2.31. The highest BCUT2D eigenvalue weighted by molar-refractivity contribution is 4.85. The molecule has 1 heterocycles. The quantitative estimate of drug-likeness (QED) is 0.736. The van der Waals surface area contributed by atoms with Crippen LogP contribution in [0.1, 0.15) is 26.7 Å². The van der Waals surface area contributed by atoms with Crippen LogP contribution in [-0.2, 0) is 0 Å². The molecule has 0 aromatic heterocycles. The number of nitrogens with zero attached hydrogens (tertiary/aromatic N) is 2. The fourth-order valence-corrected chi connectivity index (χ4v) is 1.98. The summed E-state index contributed by atoms with van der Waals surface area (Å²) in [5.74, 6) is 0.138. The van der Waals surface area contributed by atoms with Crippen molar-refractivity contribution in [3.05, 3.63) is 0 Å². The molecule has 3 unspecified atom stereocenters. The molecule has 0 bridgehead atoms. The molecule has 3 heteroatoms. The van der Waals surface area contributed by atoms with Gasteiger partial charge in [-0.3, -0.25) is 0 Å². The first-order valence-corrected chi connectivity index (χ1v) is 5.46. The third kappa shape index (κ3) is 3.28. The summed E-state index contributed by atoms with van der Waals surface area (Å²) >= 11 is 0. The van der Waals surface area contributed by atoms with Crippen LogP contribution in [0.15, 0.2) is 0 Å². The van der Waals surface area contributed by atoms with Gasteiger partial charge in [0.05, 0.1) is 12.0 Å². The van der Waals surface area contributed by atoms with E-state index >= 15 is 0 Å². The molecule has 0 aliphatic carbocycles. The largest absolute Gasteiger partial charge is 0.313 e. The topological polar surface area (TPSA) is 39.1 Å². The molecular weight excluding hydrogens is 174 g/mol. The third-order valence-electron chi connectivity index (χ3n) is 3.04. The minimum absolute atomic E-state index is 0.138. The monoisotopic (exact) mass is 195 g/mol. The lowest BCUT2D eigenvalue weighted by Gasteiger charge is -2.34. The van der Waals surface area contributed by atoms with Crippen LogP contribution in [0.4, 0.5) is 0 Å². The number of piperidine rings is 1. The number of likely N-dealkylation sites (N-methyl/N-ethyl adjacent to an activating group) is 1. The molecule has 1 N–H and O–H groups in total. The second kappa shape index (κ2) is 5.33. The van der Waals surface area contributed by atoms with Crippen LogP contribution in [0, 0.1) is 17.2 Å². The lowest BCUT2D eigenvalue weighted by molar-refractivity contribution is 0.177. The summed E-state index contributed by atoms with van der Waals surface area (Å²) in [6, 6.07) is 3.55. The number of nitriles is 1. The maximum absolute atomic E-state index is 8.73. The highest BCUT2D eigenvalue weighted by atomic mass is 15.2. The predicted molar refractivity (Wildman–Crippen MR) is 57.9 cm³/mol. The van der Waals surface area contributed by atoms with Crippen LogP contribution in [0.25, 0.3) is 0 Å². The molecule has 1 fully saturated rings. The summed E-state index contributed by atoms with van der Waals surface area (Å²) in [6.07, 6.45) is 2.50. The Bertz CT molecular complexity index is 201. The Morgan fingerprint density at radius 1 is 1.57 bits per heavy atom. The van der Waals surface area contributed by atoms with E-state index in [2.05, 4.69) is 30.3 Å². The molecule has 14 heavy (non-hydrogen) atoms. The van der Waals surface area contributed by atoms with Gasteiger partial charge in [0.15, 0.2) is 0 Å². The van der Waals surface area contributed by atoms with E-state index in [1.165, 1.54) is 12.8 Å². The SMILES string of the molecule is CC(C#N)CN(C)C1CCC(C)NC1. The molecule has 3 atom stereocenters. The van der Waals surface area contributed by atoms with Crippen LogP contribution in [-0.4, -0.2) is 37.1 Å². The molecular formula is C11H21N3. The van der Waals surface area contributed by atoms with Crippen LogP contribution in [0.3, 0.4) is 0 Å². The number of hydrogen-bond acceptors (Lipinski definition) is 3. The van der Waals surface area contributed by atoms with Gasteiger partial charge in [0, 0.05) is 25.2 Å². The third-order valence-corrected chi connectivity index (χ3v) is 3.04. The van der Waals surface area contributed by atoms with Gasteiger partial charge in [0.25, 0.3) is 0 Å². The predicted octanol–water partition coefficient (Wildman–Crippen LogP) is 1.22. The van der Waals surface area contributed by atoms with E-state index < -0.39 is 0 Å². The first kappa shape index (κ1) is 11.5. The zero-order valence-corrected chi connectivity index (χ0v) is 9.45. The van der Waals surface area contributed by atoms with Crippen LogP contribution in [0.5, 0.6) is 0 Å². The van der Waals surface area contributed by atoms with Gasteiger partial charge < -0.3 is 10.2 Å². The molecule has 3 nitrogen and oxygen atoms in total. The van der Waals surface area contributed by atoms with Gasteiger partial charge in [-0.25, -0.2) is 0 Å². The van der Waals surface area contributed by atoms with Crippen molar-refractivity contribution in [1.29, 1.82) is 5.26 Å². The fraction of sp³-hybridized carbons (Fsp3) is 0.909. The molecule has 1 saturated heterocycles. The minimum Gasteiger partial charge on any atom is -0.313 e. The Morgan fingerprint density at radius 2 is 2.29 bits per heavy atom. The van der Waals surface area contributed by atoms with E-state index in [1.54, 1.807) is 0 Å². The molecule has 1 aliphatic rings. The lowest BCUT2D eigenvalue weighted by Crippen LogP contribution is -2.48. The highest BCUT2D eigenvalue weighted by Crippen LogP contribution is 2.13. The first-order valence-electron chi connectivity index (χ1n) is 5.46. The summed E-state index contributed by atoms with van der Waals surface area (Å²) in [7, 11) is 2.12. The summed E-state index contributed by atoms with van der Waals surface area (Å²) in [5.41, 5.74) is 0. The molecule has 0 aromatic rings. The Hall–Kier alpha value is -0.590. The summed E-state index contributed by atoms with van der Waals surface area (Å²) in [6.45, 7) is 6.16. The van der Waals surface area contributed by atoms with Gasteiger partial charge in [-0.15, -0.1) is 0 Å². The van der Waals surface area contributed by atoms with E-state index in [0.29, 0.717) is 12.1 Å². The maximum Gasteiger partial charge on any atom is 0.0666 e. The van der Waals surface area contributed by atoms with Gasteiger partial charge in [-0.2, -0.15) is 5.26 Å². The normalized spacial score (nSPS) is 29.9. The molecule has 0 amide bonds. The minimum atomic E-state index is 0.138. The van der Waals surface area contributed by atoms with Crippen molar-refractivity contribution in [1.82, 2.24) is 10.2 Å². The number of nitrogens with one attached hydrogen (secondary N) is 1. The van der Waals surface area contributed by atoms with Gasteiger partial charge in [-0.1, -0.05) is 0 Å². The van der Waals surface area contributed by atoms with Crippen LogP contribution in [0.2, 0.25) is 0 Å². The number of hydrogen-bond donors (Lipinski definition) is 1. The second-order valence-electron chi connectivity index (χ2n) is 4.51. The Labute approximate surface area is 87.1 Å². The van der Waals surface area contributed by atoms with Crippen molar-refractivity contribution in [2.75, 3.05) is 20.1 Å². The van der Waals surface area contributed by atoms with E-state index in [-0.39, 0.29) is 5.92 Å². The summed E-state index contributed by atoms with van der Waals surface area (Å²) < 4.78 is 0. The standard InChI is InChI=1S/C11H21N3/c1-9(6-12)8-14(3)11-5-4-10(2)13-7-11/h9-11,13H,4-5,7-8H2,1-3H3. The zero-order valence-electron chi connectivity index (χ0n) is 9.45. The van der Waals surface area contributed by atoms with Gasteiger partial charge in [0.2, 0.25) is 0 Å². The second-order valence-corrected chi connectivity index (χ2v) is 4.51. The highest BCUT2D eigenvalue weighted by Gasteiger charge is 2.21. The molecule has 0 spiro atoms. The van der Waals surface area contributed by atoms with E-state index in [1.807, 2.05) is 6.92 Å². The summed E-state index contributed by atoms with van der Waals surface area (Å²) in [5, 5.41) is 12.2. The average molecular weight is 195 g/mol. The van der Waals surface area contributed by atoms with Crippen LogP contribution >= 0.6 is 0 Å². The van der Waals surface area contributed by atoms with Crippen molar-refractivity contribution >= 4 is 0 Å². The molecule has 0 aromatic carbocycles. The number of rotatable bonds is 3. The van der Waals surface area contributed by atoms with Crippen molar-refractivity contribution in [2.24, 2.45) is 5.92 Å². The van der Waals surface area contributed by atoms with Gasteiger partial charge in [-0.05, 0) is 33.7 Å². The Morgan fingerprint density at radius 3 is 2.79 bits per heavy atom. The van der Waals surface area contributed by atoms with E-state index in [4.69, 9.17) is 5.26 Å². The van der Waals surface area contributed by atoms with Crippen LogP contribution < -0.4 is 5.32 Å². The van der Waals surface area contributed by atoms with Crippen molar-refractivity contribution in [2.45, 2.75) is 38.8 Å². The van der Waals surface area contributed by atoms with Crippen molar-refractivity contribution < 1.29 is 0 Å². The van der Waals surface area contributed by atoms with Crippen molar-refractivity contribution in [3.63, 3.8) is 0 Å². The smallest absolute Gasteiger partial charge is 0.0666 e. The van der Waals surface area contributed by atoms with E-state index in [9.17, 15) is 0 Å². The zero-order chi connectivity index (χ0) is 10.6.